The van der Waals surface area contributed by atoms with Gasteiger partial charge < -0.3 is 14.8 Å². The molecule has 1 aromatic rings. The van der Waals surface area contributed by atoms with Crippen molar-refractivity contribution in [2.24, 2.45) is 5.92 Å². The third-order valence-electron chi connectivity index (χ3n) is 4.30. The van der Waals surface area contributed by atoms with Gasteiger partial charge >= 0.3 is 5.97 Å². The SMILES string of the molecule is COCCCNC(=O)COC(=O)[C@@H](CC(C)C)N1C(=O)c2ccccc2C1=O. The van der Waals surface area contributed by atoms with E-state index in [-0.39, 0.29) is 23.5 Å². The second-order valence-corrected chi connectivity index (χ2v) is 6.98. The van der Waals surface area contributed by atoms with Crippen molar-refractivity contribution in [2.45, 2.75) is 32.7 Å². The topological polar surface area (TPSA) is 102 Å². The van der Waals surface area contributed by atoms with E-state index in [0.29, 0.717) is 19.6 Å². The summed E-state index contributed by atoms with van der Waals surface area (Å²) in [5.41, 5.74) is 0.537. The number of hydrogen-bond acceptors (Lipinski definition) is 6. The van der Waals surface area contributed by atoms with Gasteiger partial charge in [-0.1, -0.05) is 26.0 Å². The Morgan fingerprint density at radius 2 is 1.71 bits per heavy atom. The molecule has 0 bridgehead atoms. The third kappa shape index (κ3) is 5.16. The molecule has 1 aliphatic rings. The number of esters is 1. The Morgan fingerprint density at radius 1 is 1.11 bits per heavy atom. The molecular formula is C20H26N2O6. The minimum absolute atomic E-state index is 0.0322. The molecule has 0 fully saturated rings. The zero-order chi connectivity index (χ0) is 20.7. The number of hydrogen-bond donors (Lipinski definition) is 1. The van der Waals surface area contributed by atoms with E-state index in [1.807, 2.05) is 13.8 Å². The van der Waals surface area contributed by atoms with Gasteiger partial charge in [0.25, 0.3) is 17.7 Å². The van der Waals surface area contributed by atoms with Crippen LogP contribution in [0.5, 0.6) is 0 Å². The van der Waals surface area contributed by atoms with E-state index in [1.165, 1.54) is 0 Å². The molecule has 0 unspecified atom stereocenters. The molecule has 1 heterocycles. The van der Waals surface area contributed by atoms with Crippen LogP contribution in [0.2, 0.25) is 0 Å². The lowest BCUT2D eigenvalue weighted by molar-refractivity contribution is -0.152. The van der Waals surface area contributed by atoms with Crippen molar-refractivity contribution in [3.05, 3.63) is 35.4 Å². The molecule has 0 aromatic heterocycles. The molecule has 2 rings (SSSR count). The zero-order valence-electron chi connectivity index (χ0n) is 16.4. The van der Waals surface area contributed by atoms with E-state index in [1.54, 1.807) is 31.4 Å². The monoisotopic (exact) mass is 390 g/mol. The van der Waals surface area contributed by atoms with Gasteiger partial charge in [0.1, 0.15) is 6.04 Å². The fourth-order valence-electron chi connectivity index (χ4n) is 2.97. The quantitative estimate of drug-likeness (QED) is 0.368. The fraction of sp³-hybridized carbons (Fsp3) is 0.500. The maximum Gasteiger partial charge on any atom is 0.329 e. The van der Waals surface area contributed by atoms with Crippen molar-refractivity contribution in [3.63, 3.8) is 0 Å². The molecule has 8 heteroatoms. The van der Waals surface area contributed by atoms with Crippen molar-refractivity contribution in [1.29, 1.82) is 0 Å². The normalized spacial score (nSPS) is 14.2. The molecule has 0 spiro atoms. The van der Waals surface area contributed by atoms with Gasteiger partial charge in [0.2, 0.25) is 0 Å². The summed E-state index contributed by atoms with van der Waals surface area (Å²) in [7, 11) is 1.57. The van der Waals surface area contributed by atoms with E-state index in [2.05, 4.69) is 5.32 Å². The van der Waals surface area contributed by atoms with Crippen LogP contribution in [0.1, 0.15) is 47.4 Å². The summed E-state index contributed by atoms with van der Waals surface area (Å²) in [4.78, 5) is 50.7. The summed E-state index contributed by atoms with van der Waals surface area (Å²) in [5, 5.41) is 2.61. The highest BCUT2D eigenvalue weighted by Crippen LogP contribution is 2.27. The van der Waals surface area contributed by atoms with E-state index < -0.39 is 36.3 Å². The maximum atomic E-state index is 12.7. The number of nitrogens with one attached hydrogen (secondary N) is 1. The van der Waals surface area contributed by atoms with E-state index in [4.69, 9.17) is 9.47 Å². The highest BCUT2D eigenvalue weighted by molar-refractivity contribution is 6.22. The molecule has 1 aromatic carbocycles. The molecule has 1 N–H and O–H groups in total. The van der Waals surface area contributed by atoms with Gasteiger partial charge in [0, 0.05) is 20.3 Å². The number of rotatable bonds is 10. The molecule has 3 amide bonds. The minimum Gasteiger partial charge on any atom is -0.454 e. The van der Waals surface area contributed by atoms with Crippen molar-refractivity contribution >= 4 is 23.7 Å². The molecule has 8 nitrogen and oxygen atoms in total. The van der Waals surface area contributed by atoms with Crippen LogP contribution in [0, 0.1) is 5.92 Å². The first-order valence-corrected chi connectivity index (χ1v) is 9.26. The Balaban J connectivity index is 2.04. The van der Waals surface area contributed by atoms with Crippen LogP contribution in [0.4, 0.5) is 0 Å². The molecule has 152 valence electrons. The summed E-state index contributed by atoms with van der Waals surface area (Å²) in [6.45, 7) is 4.19. The molecule has 1 atom stereocenters. The molecular weight excluding hydrogens is 364 g/mol. The first kappa shape index (κ1) is 21.6. The molecule has 0 saturated carbocycles. The predicted octanol–water partition coefficient (Wildman–Crippen LogP) is 1.39. The molecule has 0 saturated heterocycles. The highest BCUT2D eigenvalue weighted by Gasteiger charge is 2.43. The Bertz CT molecular complexity index is 711. The number of benzene rings is 1. The number of amides is 3. The number of nitrogens with zero attached hydrogens (tertiary/aromatic N) is 1. The van der Waals surface area contributed by atoms with Gasteiger partial charge in [-0.25, -0.2) is 4.79 Å². The van der Waals surface area contributed by atoms with Crippen LogP contribution in [0.3, 0.4) is 0 Å². The summed E-state index contributed by atoms with van der Waals surface area (Å²) >= 11 is 0. The van der Waals surface area contributed by atoms with Crippen LogP contribution in [0.15, 0.2) is 24.3 Å². The predicted molar refractivity (Wildman–Crippen MR) is 101 cm³/mol. The van der Waals surface area contributed by atoms with E-state index in [0.717, 1.165) is 4.90 Å². The third-order valence-corrected chi connectivity index (χ3v) is 4.30. The lowest BCUT2D eigenvalue weighted by Gasteiger charge is -2.25. The number of fused-ring (bicyclic) bond motifs is 1. The van der Waals surface area contributed by atoms with Gasteiger partial charge in [-0.15, -0.1) is 0 Å². The van der Waals surface area contributed by atoms with Crippen molar-refractivity contribution in [1.82, 2.24) is 10.2 Å². The first-order valence-electron chi connectivity index (χ1n) is 9.26. The number of carbonyl (C=O) groups is 4. The molecule has 0 radical (unpaired) electrons. The molecule has 1 aliphatic heterocycles. The van der Waals surface area contributed by atoms with Gasteiger partial charge in [-0.3, -0.25) is 19.3 Å². The maximum absolute atomic E-state index is 12.7. The average molecular weight is 390 g/mol. The van der Waals surface area contributed by atoms with E-state index in [9.17, 15) is 19.2 Å². The Hall–Kier alpha value is -2.74. The van der Waals surface area contributed by atoms with Crippen molar-refractivity contribution in [3.8, 4) is 0 Å². The fourth-order valence-corrected chi connectivity index (χ4v) is 2.97. The van der Waals surface area contributed by atoms with E-state index >= 15 is 0 Å². The molecule has 0 aliphatic carbocycles. The highest BCUT2D eigenvalue weighted by atomic mass is 16.5. The summed E-state index contributed by atoms with van der Waals surface area (Å²) in [6, 6.07) is 5.37. The lowest BCUT2D eigenvalue weighted by Crippen LogP contribution is -2.47. The minimum atomic E-state index is -1.08. The lowest BCUT2D eigenvalue weighted by atomic mass is 10.0. The summed E-state index contributed by atoms with van der Waals surface area (Å²) in [5.74, 6) is -2.23. The summed E-state index contributed by atoms with van der Waals surface area (Å²) in [6.07, 6.45) is 0.890. The van der Waals surface area contributed by atoms with Gasteiger partial charge in [0.15, 0.2) is 6.61 Å². The van der Waals surface area contributed by atoms with Gasteiger partial charge in [-0.2, -0.15) is 0 Å². The number of methoxy groups -OCH3 is 1. The average Bonchev–Trinajstić information content (AvgIpc) is 2.92. The van der Waals surface area contributed by atoms with Crippen LogP contribution in [-0.4, -0.2) is 61.5 Å². The van der Waals surface area contributed by atoms with Crippen molar-refractivity contribution < 1.29 is 28.7 Å². The van der Waals surface area contributed by atoms with Gasteiger partial charge in [-0.05, 0) is 30.9 Å². The number of imide groups is 1. The smallest absolute Gasteiger partial charge is 0.329 e. The first-order chi connectivity index (χ1) is 13.4. The van der Waals surface area contributed by atoms with Crippen LogP contribution in [0.25, 0.3) is 0 Å². The Kier molecular flexibility index (Phi) is 7.69. The molecule has 28 heavy (non-hydrogen) atoms. The Morgan fingerprint density at radius 3 is 2.25 bits per heavy atom. The largest absolute Gasteiger partial charge is 0.454 e. The second-order valence-electron chi connectivity index (χ2n) is 6.98. The summed E-state index contributed by atoms with van der Waals surface area (Å²) < 4.78 is 9.99. The van der Waals surface area contributed by atoms with Crippen LogP contribution in [-0.2, 0) is 19.1 Å². The van der Waals surface area contributed by atoms with Crippen LogP contribution >= 0.6 is 0 Å². The van der Waals surface area contributed by atoms with Gasteiger partial charge in [0.05, 0.1) is 11.1 Å². The van der Waals surface area contributed by atoms with Crippen molar-refractivity contribution in [2.75, 3.05) is 26.9 Å². The number of carbonyl (C=O) groups excluding carboxylic acids is 4. The number of ether oxygens (including phenoxy) is 2. The van der Waals surface area contributed by atoms with Crippen LogP contribution < -0.4 is 5.32 Å². The zero-order valence-corrected chi connectivity index (χ0v) is 16.4. The second kappa shape index (κ2) is 9.98. The Labute approximate surface area is 164 Å². The standard InChI is InChI=1S/C20H26N2O6/c1-13(2)11-16(20(26)28-12-17(23)21-9-6-10-27-3)22-18(24)14-7-4-5-8-15(14)19(22)25/h4-5,7-8,13,16H,6,9-12H2,1-3H3,(H,21,23)/t16-/m1/s1.